The molecular weight excluding hydrogens is 261 g/mol. The van der Waals surface area contributed by atoms with Crippen LogP contribution in [0.5, 0.6) is 0 Å². The van der Waals surface area contributed by atoms with E-state index in [2.05, 4.69) is 9.97 Å². The Morgan fingerprint density at radius 1 is 1.12 bits per heavy atom. The molecule has 0 fully saturated rings. The summed E-state index contributed by atoms with van der Waals surface area (Å²) in [7, 11) is 0. The second-order valence-corrected chi connectivity index (χ2v) is 4.30. The van der Waals surface area contributed by atoms with Gasteiger partial charge >= 0.3 is 0 Å². The van der Waals surface area contributed by atoms with E-state index in [9.17, 15) is 5.11 Å². The third-order valence-electron chi connectivity index (χ3n) is 2.24. The summed E-state index contributed by atoms with van der Waals surface area (Å²) in [5.74, 6) is 0.221. The summed E-state index contributed by atoms with van der Waals surface area (Å²) in [5, 5.41) is 11.0. The van der Waals surface area contributed by atoms with Crippen LogP contribution >= 0.6 is 23.2 Å². The highest BCUT2D eigenvalue weighted by molar-refractivity contribution is 6.30. The van der Waals surface area contributed by atoms with Crippen molar-refractivity contribution in [1.29, 1.82) is 0 Å². The van der Waals surface area contributed by atoms with E-state index in [4.69, 9.17) is 28.9 Å². The van der Waals surface area contributed by atoms with Gasteiger partial charge in [-0.1, -0.05) is 23.2 Å². The van der Waals surface area contributed by atoms with Crippen molar-refractivity contribution < 1.29 is 5.11 Å². The molecule has 6 heteroatoms. The van der Waals surface area contributed by atoms with E-state index in [-0.39, 0.29) is 5.82 Å². The summed E-state index contributed by atoms with van der Waals surface area (Å²) in [6, 6.07) is 4.82. The third-order valence-corrected chi connectivity index (χ3v) is 2.67. The maximum Gasteiger partial charge on any atom is 0.129 e. The number of hydrogen-bond acceptors (Lipinski definition) is 4. The summed E-state index contributed by atoms with van der Waals surface area (Å²) in [6.45, 7) is 0. The smallest absolute Gasteiger partial charge is 0.129 e. The lowest BCUT2D eigenvalue weighted by Crippen LogP contribution is -2.06. The molecule has 2 rings (SSSR count). The molecule has 0 saturated heterocycles. The van der Waals surface area contributed by atoms with Gasteiger partial charge in [-0.2, -0.15) is 0 Å². The summed E-state index contributed by atoms with van der Waals surface area (Å²) >= 11 is 11.5. The Kier molecular flexibility index (Phi) is 3.47. The molecule has 0 bridgehead atoms. The van der Waals surface area contributed by atoms with Crippen LogP contribution in [0.1, 0.15) is 17.4 Å². The van der Waals surface area contributed by atoms with E-state index in [0.29, 0.717) is 21.3 Å². The van der Waals surface area contributed by atoms with Gasteiger partial charge in [0.15, 0.2) is 0 Å². The molecule has 0 spiro atoms. The molecule has 4 nitrogen and oxygen atoms in total. The van der Waals surface area contributed by atoms with Crippen molar-refractivity contribution >= 4 is 29.0 Å². The first-order valence-corrected chi connectivity index (χ1v) is 5.54. The number of aliphatic hydroxyl groups is 1. The fraction of sp³-hybridized carbons (Fsp3) is 0.0909. The Morgan fingerprint density at radius 2 is 1.82 bits per heavy atom. The number of nitrogen functional groups attached to an aromatic ring is 1. The molecule has 0 aliphatic carbocycles. The van der Waals surface area contributed by atoms with Crippen molar-refractivity contribution in [2.75, 3.05) is 5.73 Å². The highest BCUT2D eigenvalue weighted by atomic mass is 35.5. The first-order valence-electron chi connectivity index (χ1n) is 4.78. The fourth-order valence-electron chi connectivity index (χ4n) is 1.39. The van der Waals surface area contributed by atoms with E-state index < -0.39 is 6.10 Å². The predicted octanol–water partition coefficient (Wildman–Crippen LogP) is 2.45. The first kappa shape index (κ1) is 12.1. The molecule has 1 atom stereocenters. The number of aromatic nitrogens is 2. The van der Waals surface area contributed by atoms with E-state index in [0.717, 1.165) is 0 Å². The summed E-state index contributed by atoms with van der Waals surface area (Å²) < 4.78 is 0. The van der Waals surface area contributed by atoms with Crippen LogP contribution in [0.3, 0.4) is 0 Å². The Balaban J connectivity index is 2.39. The Hall–Kier alpha value is -1.36. The van der Waals surface area contributed by atoms with Gasteiger partial charge in [0, 0.05) is 18.0 Å². The number of anilines is 1. The lowest BCUT2D eigenvalue weighted by atomic mass is 10.1. The minimum absolute atomic E-state index is 0.221. The molecule has 0 aliphatic heterocycles. The Morgan fingerprint density at radius 3 is 2.47 bits per heavy atom. The summed E-state index contributed by atoms with van der Waals surface area (Å²) in [5.41, 5.74) is 6.53. The molecule has 0 amide bonds. The predicted molar refractivity (Wildman–Crippen MR) is 67.0 cm³/mol. The van der Waals surface area contributed by atoms with Gasteiger partial charge in [0.25, 0.3) is 0 Å². The normalized spacial score (nSPS) is 12.4. The van der Waals surface area contributed by atoms with Crippen LogP contribution in [0.25, 0.3) is 0 Å². The second-order valence-electron chi connectivity index (χ2n) is 3.43. The average Bonchev–Trinajstić information content (AvgIpc) is 2.32. The van der Waals surface area contributed by atoms with Crippen LogP contribution in [0, 0.1) is 0 Å². The molecule has 0 aliphatic rings. The topological polar surface area (TPSA) is 72.0 Å². The third kappa shape index (κ3) is 2.66. The van der Waals surface area contributed by atoms with Crippen molar-refractivity contribution in [2.24, 2.45) is 0 Å². The maximum absolute atomic E-state index is 10.1. The van der Waals surface area contributed by atoms with Crippen LogP contribution < -0.4 is 5.73 Å². The van der Waals surface area contributed by atoms with E-state index in [1.807, 2.05) is 0 Å². The minimum Gasteiger partial charge on any atom is -0.383 e. The second kappa shape index (κ2) is 4.87. The van der Waals surface area contributed by atoms with Crippen LogP contribution in [-0.2, 0) is 0 Å². The molecule has 0 radical (unpaired) electrons. The van der Waals surface area contributed by atoms with Crippen molar-refractivity contribution in [3.05, 3.63) is 51.9 Å². The van der Waals surface area contributed by atoms with Gasteiger partial charge in [0.2, 0.25) is 0 Å². The molecule has 0 saturated carbocycles. The van der Waals surface area contributed by atoms with Gasteiger partial charge in [-0.05, 0) is 18.2 Å². The number of hydrogen-bond donors (Lipinski definition) is 2. The lowest BCUT2D eigenvalue weighted by molar-refractivity contribution is 0.216. The highest BCUT2D eigenvalue weighted by Crippen LogP contribution is 2.26. The van der Waals surface area contributed by atoms with Gasteiger partial charge in [0.05, 0.1) is 15.7 Å². The molecule has 0 aromatic carbocycles. The minimum atomic E-state index is -0.974. The standard InChI is InChI=1S/C11H9Cl2N3O/c12-6-1-2-9(15-4-6)10(17)8-3-7(13)5-16-11(8)14/h1-5,10,17H,(H2,14,16). The fourth-order valence-corrected chi connectivity index (χ4v) is 1.67. The monoisotopic (exact) mass is 269 g/mol. The lowest BCUT2D eigenvalue weighted by Gasteiger charge is -2.12. The van der Waals surface area contributed by atoms with Crippen LogP contribution in [0.2, 0.25) is 10.0 Å². The first-order chi connectivity index (χ1) is 8.08. The number of nitrogens with two attached hydrogens (primary N) is 1. The van der Waals surface area contributed by atoms with Gasteiger partial charge in [-0.25, -0.2) is 4.98 Å². The zero-order chi connectivity index (χ0) is 12.4. The molecule has 2 aromatic rings. The van der Waals surface area contributed by atoms with Gasteiger partial charge in [-0.15, -0.1) is 0 Å². The van der Waals surface area contributed by atoms with E-state index in [1.54, 1.807) is 18.2 Å². The van der Waals surface area contributed by atoms with Gasteiger partial charge < -0.3 is 10.8 Å². The highest BCUT2D eigenvalue weighted by Gasteiger charge is 2.16. The number of halogens is 2. The zero-order valence-corrected chi connectivity index (χ0v) is 10.2. The SMILES string of the molecule is Nc1ncc(Cl)cc1C(O)c1ccc(Cl)cn1. The number of rotatable bonds is 2. The number of aliphatic hydroxyl groups excluding tert-OH is 1. The summed E-state index contributed by atoms with van der Waals surface area (Å²) in [6.07, 6.45) is 1.90. The Labute approximate surface area is 108 Å². The van der Waals surface area contributed by atoms with Crippen molar-refractivity contribution in [2.45, 2.75) is 6.10 Å². The molecule has 1 unspecified atom stereocenters. The van der Waals surface area contributed by atoms with Gasteiger partial charge in [0.1, 0.15) is 11.9 Å². The molecule has 3 N–H and O–H groups in total. The maximum atomic E-state index is 10.1. The molecular formula is C11H9Cl2N3O. The number of pyridine rings is 2. The largest absolute Gasteiger partial charge is 0.383 e. The molecule has 2 heterocycles. The number of nitrogens with zero attached hydrogens (tertiary/aromatic N) is 2. The van der Waals surface area contributed by atoms with Crippen LogP contribution in [0.15, 0.2) is 30.6 Å². The van der Waals surface area contributed by atoms with Crippen LogP contribution in [0.4, 0.5) is 5.82 Å². The van der Waals surface area contributed by atoms with Crippen molar-refractivity contribution in [1.82, 2.24) is 9.97 Å². The van der Waals surface area contributed by atoms with E-state index in [1.165, 1.54) is 12.4 Å². The zero-order valence-electron chi connectivity index (χ0n) is 8.64. The molecule has 88 valence electrons. The van der Waals surface area contributed by atoms with E-state index >= 15 is 0 Å². The van der Waals surface area contributed by atoms with Gasteiger partial charge in [-0.3, -0.25) is 4.98 Å². The average molecular weight is 270 g/mol. The quantitative estimate of drug-likeness (QED) is 0.879. The Bertz CT molecular complexity index is 531. The molecule has 17 heavy (non-hydrogen) atoms. The van der Waals surface area contributed by atoms with Crippen molar-refractivity contribution in [3.63, 3.8) is 0 Å². The van der Waals surface area contributed by atoms with Crippen LogP contribution in [-0.4, -0.2) is 15.1 Å². The van der Waals surface area contributed by atoms with Crippen molar-refractivity contribution in [3.8, 4) is 0 Å². The molecule has 2 aromatic heterocycles. The summed E-state index contributed by atoms with van der Waals surface area (Å²) in [4.78, 5) is 7.89.